The molecule has 0 aliphatic heterocycles. The molecular weight excluding hydrogens is 270 g/mol. The molecule has 2 rings (SSSR count). The molecule has 0 saturated carbocycles. The van der Waals surface area contributed by atoms with E-state index in [1.54, 1.807) is 7.05 Å². The molecule has 0 bridgehead atoms. The van der Waals surface area contributed by atoms with Crippen molar-refractivity contribution in [3.05, 3.63) is 68.5 Å². The molecule has 6 nitrogen and oxygen atoms in total. The molecule has 1 atom stereocenters. The summed E-state index contributed by atoms with van der Waals surface area (Å²) in [5, 5.41) is 9.43. The number of aliphatic imine (C=N–C) groups is 1. The van der Waals surface area contributed by atoms with E-state index in [-0.39, 0.29) is 12.3 Å². The Morgan fingerprint density at radius 3 is 2.52 bits per heavy atom. The highest BCUT2D eigenvalue weighted by Gasteiger charge is 2.09. The average Bonchev–Trinajstić information content (AvgIpc) is 2.51. The molecule has 110 valence electrons. The minimum atomic E-state index is -0.437. The van der Waals surface area contributed by atoms with Gasteiger partial charge in [0, 0.05) is 26.5 Å². The molecule has 0 aliphatic rings. The zero-order valence-corrected chi connectivity index (χ0v) is 11.9. The summed E-state index contributed by atoms with van der Waals surface area (Å²) in [6, 6.07) is 8.88. The SMILES string of the molecule is Cn1cc(C=N[C@H](CO)c2ccccc2)c(=O)n(C)c1=O. The largest absolute Gasteiger partial charge is 0.394 e. The number of rotatable bonds is 4. The first-order valence-electron chi connectivity index (χ1n) is 6.50. The van der Waals surface area contributed by atoms with Crippen molar-refractivity contribution in [2.75, 3.05) is 6.61 Å². The van der Waals surface area contributed by atoms with Gasteiger partial charge in [-0.05, 0) is 5.56 Å². The van der Waals surface area contributed by atoms with E-state index in [9.17, 15) is 14.7 Å². The van der Waals surface area contributed by atoms with Crippen LogP contribution < -0.4 is 11.2 Å². The van der Waals surface area contributed by atoms with Gasteiger partial charge in [0.25, 0.3) is 5.56 Å². The Labute approximate surface area is 121 Å². The molecule has 0 fully saturated rings. The van der Waals surface area contributed by atoms with Gasteiger partial charge in [0.05, 0.1) is 18.2 Å². The van der Waals surface area contributed by atoms with Crippen LogP contribution in [0, 0.1) is 0 Å². The van der Waals surface area contributed by atoms with Gasteiger partial charge in [0.15, 0.2) is 0 Å². The van der Waals surface area contributed by atoms with Crippen LogP contribution >= 0.6 is 0 Å². The van der Waals surface area contributed by atoms with Gasteiger partial charge < -0.3 is 9.67 Å². The topological polar surface area (TPSA) is 76.6 Å². The summed E-state index contributed by atoms with van der Waals surface area (Å²) in [5.74, 6) is 0. The summed E-state index contributed by atoms with van der Waals surface area (Å²) in [6.07, 6.45) is 2.84. The van der Waals surface area contributed by atoms with E-state index in [1.165, 1.54) is 24.0 Å². The zero-order chi connectivity index (χ0) is 15.4. The van der Waals surface area contributed by atoms with Gasteiger partial charge in [-0.2, -0.15) is 0 Å². The Morgan fingerprint density at radius 2 is 1.90 bits per heavy atom. The summed E-state index contributed by atoms with van der Waals surface area (Å²) < 4.78 is 2.34. The maximum Gasteiger partial charge on any atom is 0.330 e. The van der Waals surface area contributed by atoms with Crippen LogP contribution in [0.15, 0.2) is 51.1 Å². The Bertz CT molecular complexity index is 760. The lowest BCUT2D eigenvalue weighted by Crippen LogP contribution is -2.38. The highest BCUT2D eigenvalue weighted by atomic mass is 16.3. The second-order valence-electron chi connectivity index (χ2n) is 4.73. The van der Waals surface area contributed by atoms with Crippen LogP contribution in [-0.4, -0.2) is 27.1 Å². The normalized spacial score (nSPS) is 12.7. The summed E-state index contributed by atoms with van der Waals surface area (Å²) in [5.41, 5.74) is 0.359. The van der Waals surface area contributed by atoms with Crippen molar-refractivity contribution in [1.82, 2.24) is 9.13 Å². The van der Waals surface area contributed by atoms with Gasteiger partial charge in [-0.3, -0.25) is 14.4 Å². The molecule has 1 heterocycles. The van der Waals surface area contributed by atoms with Crippen LogP contribution in [0.25, 0.3) is 0 Å². The van der Waals surface area contributed by atoms with Crippen LogP contribution in [0.4, 0.5) is 0 Å². The van der Waals surface area contributed by atoms with Crippen molar-refractivity contribution < 1.29 is 5.11 Å². The summed E-state index contributed by atoms with van der Waals surface area (Å²) in [6.45, 7) is -0.160. The Hall–Kier alpha value is -2.47. The number of aryl methyl sites for hydroxylation is 1. The van der Waals surface area contributed by atoms with Crippen molar-refractivity contribution in [2.45, 2.75) is 6.04 Å². The average molecular weight is 287 g/mol. The fourth-order valence-corrected chi connectivity index (χ4v) is 2.01. The van der Waals surface area contributed by atoms with Crippen molar-refractivity contribution >= 4 is 6.21 Å². The minimum absolute atomic E-state index is 0.160. The second kappa shape index (κ2) is 6.32. The Morgan fingerprint density at radius 1 is 1.24 bits per heavy atom. The molecule has 1 aromatic carbocycles. The Kier molecular flexibility index (Phi) is 4.49. The third-order valence-electron chi connectivity index (χ3n) is 3.22. The van der Waals surface area contributed by atoms with E-state index in [1.807, 2.05) is 30.3 Å². The van der Waals surface area contributed by atoms with Crippen molar-refractivity contribution in [3.8, 4) is 0 Å². The molecule has 21 heavy (non-hydrogen) atoms. The monoisotopic (exact) mass is 287 g/mol. The fourth-order valence-electron chi connectivity index (χ4n) is 2.01. The van der Waals surface area contributed by atoms with Crippen LogP contribution in [0.3, 0.4) is 0 Å². The molecule has 0 radical (unpaired) electrons. The van der Waals surface area contributed by atoms with Crippen LogP contribution in [-0.2, 0) is 14.1 Å². The molecule has 0 aliphatic carbocycles. The van der Waals surface area contributed by atoms with Crippen LogP contribution in [0.5, 0.6) is 0 Å². The lowest BCUT2D eigenvalue weighted by atomic mass is 10.1. The molecule has 0 unspecified atom stereocenters. The lowest BCUT2D eigenvalue weighted by molar-refractivity contribution is 0.269. The number of aliphatic hydroxyl groups is 1. The van der Waals surface area contributed by atoms with Crippen LogP contribution in [0.1, 0.15) is 17.2 Å². The molecule has 6 heteroatoms. The van der Waals surface area contributed by atoms with E-state index < -0.39 is 11.6 Å². The highest BCUT2D eigenvalue weighted by Crippen LogP contribution is 2.15. The van der Waals surface area contributed by atoms with Crippen molar-refractivity contribution in [1.29, 1.82) is 0 Å². The standard InChI is InChI=1S/C15H17N3O3/c1-17-9-12(14(20)18(2)15(17)21)8-16-13(10-19)11-6-4-3-5-7-11/h3-9,13,19H,10H2,1-2H3/t13-/m1/s1. The number of benzene rings is 1. The fraction of sp³-hybridized carbons (Fsp3) is 0.267. The molecule has 2 aromatic rings. The maximum atomic E-state index is 12.0. The van der Waals surface area contributed by atoms with Gasteiger partial charge >= 0.3 is 5.69 Å². The first-order valence-corrected chi connectivity index (χ1v) is 6.50. The number of aliphatic hydroxyl groups excluding tert-OH is 1. The van der Waals surface area contributed by atoms with Gasteiger partial charge in [0.2, 0.25) is 0 Å². The maximum absolute atomic E-state index is 12.0. The van der Waals surface area contributed by atoms with Crippen molar-refractivity contribution in [2.24, 2.45) is 19.1 Å². The molecule has 0 saturated heterocycles. The van der Waals surface area contributed by atoms with E-state index in [0.717, 1.165) is 10.1 Å². The zero-order valence-electron chi connectivity index (χ0n) is 11.9. The third kappa shape index (κ3) is 3.17. The van der Waals surface area contributed by atoms with E-state index in [0.29, 0.717) is 5.56 Å². The van der Waals surface area contributed by atoms with Crippen molar-refractivity contribution in [3.63, 3.8) is 0 Å². The summed E-state index contributed by atoms with van der Waals surface area (Å²) in [4.78, 5) is 27.8. The molecular formula is C15H17N3O3. The smallest absolute Gasteiger partial charge is 0.330 e. The number of aromatic nitrogens is 2. The summed E-state index contributed by atoms with van der Waals surface area (Å²) in [7, 11) is 2.99. The van der Waals surface area contributed by atoms with E-state index in [2.05, 4.69) is 4.99 Å². The lowest BCUT2D eigenvalue weighted by Gasteiger charge is -2.09. The molecule has 1 N–H and O–H groups in total. The Balaban J connectivity index is 2.37. The number of nitrogens with zero attached hydrogens (tertiary/aromatic N) is 3. The van der Waals surface area contributed by atoms with Gasteiger partial charge in [-0.15, -0.1) is 0 Å². The molecule has 0 spiro atoms. The predicted octanol–water partition coefficient (Wildman–Crippen LogP) is 0.237. The van der Waals surface area contributed by atoms with Crippen LogP contribution in [0.2, 0.25) is 0 Å². The highest BCUT2D eigenvalue weighted by molar-refractivity contribution is 5.78. The van der Waals surface area contributed by atoms with E-state index >= 15 is 0 Å². The first-order chi connectivity index (χ1) is 10.0. The van der Waals surface area contributed by atoms with Gasteiger partial charge in [0.1, 0.15) is 0 Å². The van der Waals surface area contributed by atoms with E-state index in [4.69, 9.17) is 0 Å². The summed E-state index contributed by atoms with van der Waals surface area (Å²) >= 11 is 0. The number of hydrogen-bond acceptors (Lipinski definition) is 4. The molecule has 1 aromatic heterocycles. The first kappa shape index (κ1) is 14.9. The third-order valence-corrected chi connectivity index (χ3v) is 3.22. The van der Waals surface area contributed by atoms with Gasteiger partial charge in [-0.1, -0.05) is 30.3 Å². The van der Waals surface area contributed by atoms with Gasteiger partial charge in [-0.25, -0.2) is 4.79 Å². The minimum Gasteiger partial charge on any atom is -0.394 e. The predicted molar refractivity (Wildman–Crippen MR) is 80.8 cm³/mol. The second-order valence-corrected chi connectivity index (χ2v) is 4.73. The number of hydrogen-bond donors (Lipinski definition) is 1. The quantitative estimate of drug-likeness (QED) is 0.818. The molecule has 0 amide bonds.